The lowest BCUT2D eigenvalue weighted by Crippen LogP contribution is -2.39. The van der Waals surface area contributed by atoms with Gasteiger partial charge in [-0.25, -0.2) is 4.79 Å². The van der Waals surface area contributed by atoms with Crippen LogP contribution in [0.4, 0.5) is 5.69 Å². The van der Waals surface area contributed by atoms with Crippen molar-refractivity contribution in [1.82, 2.24) is 0 Å². The largest absolute Gasteiger partial charge is 0.482 e. The highest BCUT2D eigenvalue weighted by Gasteiger charge is 2.29. The average Bonchev–Trinajstić information content (AvgIpc) is 3.10. The van der Waals surface area contributed by atoms with E-state index < -0.39 is 12.1 Å². The Labute approximate surface area is 151 Å². The number of fused-ring (bicyclic) bond motifs is 1. The van der Waals surface area contributed by atoms with Crippen LogP contribution in [0.15, 0.2) is 48.5 Å². The summed E-state index contributed by atoms with van der Waals surface area (Å²) in [6.07, 6.45) is -0.0945. The zero-order valence-corrected chi connectivity index (χ0v) is 14.3. The van der Waals surface area contributed by atoms with Gasteiger partial charge in [0.2, 0.25) is 0 Å². The number of benzene rings is 2. The molecule has 0 spiro atoms. The smallest absolute Gasteiger partial charge is 0.344 e. The number of nitriles is 1. The SMILES string of the molecule is C[C@H](OC(=O)COc1ccc(C#N)cc1)C(=O)N1CCc2ccccc21. The van der Waals surface area contributed by atoms with Gasteiger partial charge in [0.05, 0.1) is 11.6 Å². The molecule has 1 heterocycles. The van der Waals surface area contributed by atoms with E-state index in [2.05, 4.69) is 0 Å². The van der Waals surface area contributed by atoms with E-state index in [-0.39, 0.29) is 12.5 Å². The van der Waals surface area contributed by atoms with Gasteiger partial charge in [-0.1, -0.05) is 18.2 Å². The minimum atomic E-state index is -0.891. The lowest BCUT2D eigenvalue weighted by Gasteiger charge is -2.21. The number of nitrogens with zero attached hydrogens (tertiary/aromatic N) is 2. The van der Waals surface area contributed by atoms with Crippen molar-refractivity contribution in [2.45, 2.75) is 19.4 Å². The molecule has 1 atom stereocenters. The summed E-state index contributed by atoms with van der Waals surface area (Å²) >= 11 is 0. The number of hydrogen-bond acceptors (Lipinski definition) is 5. The van der Waals surface area contributed by atoms with E-state index in [9.17, 15) is 9.59 Å². The summed E-state index contributed by atoms with van der Waals surface area (Å²) in [6.45, 7) is 1.84. The molecule has 0 aliphatic carbocycles. The van der Waals surface area contributed by atoms with E-state index >= 15 is 0 Å². The number of hydrogen-bond donors (Lipinski definition) is 0. The summed E-state index contributed by atoms with van der Waals surface area (Å²) in [7, 11) is 0. The van der Waals surface area contributed by atoms with E-state index in [0.717, 1.165) is 17.7 Å². The first-order valence-corrected chi connectivity index (χ1v) is 8.30. The van der Waals surface area contributed by atoms with Gasteiger partial charge in [-0.15, -0.1) is 0 Å². The van der Waals surface area contributed by atoms with Crippen LogP contribution in [0.25, 0.3) is 0 Å². The predicted molar refractivity (Wildman–Crippen MR) is 94.7 cm³/mol. The van der Waals surface area contributed by atoms with Crippen molar-refractivity contribution < 1.29 is 19.1 Å². The number of esters is 1. The highest BCUT2D eigenvalue weighted by Crippen LogP contribution is 2.28. The van der Waals surface area contributed by atoms with E-state index in [4.69, 9.17) is 14.7 Å². The lowest BCUT2D eigenvalue weighted by molar-refractivity contribution is -0.155. The second-order valence-corrected chi connectivity index (χ2v) is 5.93. The van der Waals surface area contributed by atoms with Gasteiger partial charge in [-0.3, -0.25) is 4.79 Å². The van der Waals surface area contributed by atoms with Crippen LogP contribution >= 0.6 is 0 Å². The molecule has 0 saturated carbocycles. The first-order chi connectivity index (χ1) is 12.6. The second-order valence-electron chi connectivity index (χ2n) is 5.93. The number of carbonyl (C=O) groups excluding carboxylic acids is 2. The van der Waals surface area contributed by atoms with Crippen LogP contribution in [-0.4, -0.2) is 31.1 Å². The molecule has 0 fully saturated rings. The zero-order valence-electron chi connectivity index (χ0n) is 14.3. The van der Waals surface area contributed by atoms with Crippen molar-refractivity contribution in [3.8, 4) is 11.8 Å². The van der Waals surface area contributed by atoms with E-state index in [0.29, 0.717) is 17.9 Å². The molecule has 0 radical (unpaired) electrons. The van der Waals surface area contributed by atoms with Crippen molar-refractivity contribution >= 4 is 17.6 Å². The molecule has 0 N–H and O–H groups in total. The van der Waals surface area contributed by atoms with Crippen molar-refractivity contribution in [2.75, 3.05) is 18.1 Å². The number of carbonyl (C=O) groups is 2. The van der Waals surface area contributed by atoms with Gasteiger partial charge < -0.3 is 14.4 Å². The molecule has 6 nitrogen and oxygen atoms in total. The fraction of sp³-hybridized carbons (Fsp3) is 0.250. The number of rotatable bonds is 5. The second kappa shape index (κ2) is 7.70. The highest BCUT2D eigenvalue weighted by atomic mass is 16.6. The standard InChI is InChI=1S/C20H18N2O4/c1-14(20(24)22-11-10-16-4-2-3-5-18(16)22)26-19(23)13-25-17-8-6-15(12-21)7-9-17/h2-9,14H,10-11,13H2,1H3/t14-/m0/s1. The highest BCUT2D eigenvalue weighted by molar-refractivity contribution is 5.99. The number of anilines is 1. The van der Waals surface area contributed by atoms with Crippen LogP contribution in [0.5, 0.6) is 5.75 Å². The Kier molecular flexibility index (Phi) is 5.18. The van der Waals surface area contributed by atoms with Crippen LogP contribution < -0.4 is 9.64 Å². The molecule has 2 aromatic rings. The monoisotopic (exact) mass is 350 g/mol. The van der Waals surface area contributed by atoms with Crippen molar-refractivity contribution in [3.63, 3.8) is 0 Å². The molecule has 1 aliphatic rings. The third-order valence-electron chi connectivity index (χ3n) is 4.15. The minimum Gasteiger partial charge on any atom is -0.482 e. The summed E-state index contributed by atoms with van der Waals surface area (Å²) in [4.78, 5) is 26.2. The van der Waals surface area contributed by atoms with E-state index in [1.54, 1.807) is 36.1 Å². The van der Waals surface area contributed by atoms with Gasteiger partial charge in [0.1, 0.15) is 5.75 Å². The summed E-state index contributed by atoms with van der Waals surface area (Å²) in [6, 6.07) is 16.1. The Morgan fingerprint density at radius 1 is 1.19 bits per heavy atom. The molecule has 26 heavy (non-hydrogen) atoms. The van der Waals surface area contributed by atoms with Crippen LogP contribution in [-0.2, 0) is 20.7 Å². The van der Waals surface area contributed by atoms with Crippen LogP contribution in [0.2, 0.25) is 0 Å². The van der Waals surface area contributed by atoms with Crippen molar-refractivity contribution in [1.29, 1.82) is 5.26 Å². The fourth-order valence-corrected chi connectivity index (χ4v) is 2.84. The maximum atomic E-state index is 12.6. The van der Waals surface area contributed by atoms with E-state index in [1.165, 1.54) is 0 Å². The van der Waals surface area contributed by atoms with Crippen molar-refractivity contribution in [2.24, 2.45) is 0 Å². The molecular formula is C20H18N2O4. The molecule has 0 bridgehead atoms. The molecule has 2 aromatic carbocycles. The van der Waals surface area contributed by atoms with Gasteiger partial charge in [-0.2, -0.15) is 5.26 Å². The summed E-state index contributed by atoms with van der Waals surface area (Å²) in [5.74, 6) is -0.419. The molecule has 0 saturated heterocycles. The molecule has 1 amide bonds. The van der Waals surface area contributed by atoms with Gasteiger partial charge >= 0.3 is 5.97 Å². The van der Waals surface area contributed by atoms with E-state index in [1.807, 2.05) is 30.3 Å². The molecule has 1 aliphatic heterocycles. The first-order valence-electron chi connectivity index (χ1n) is 8.30. The quantitative estimate of drug-likeness (QED) is 0.774. The number of para-hydroxylation sites is 1. The lowest BCUT2D eigenvalue weighted by atomic mass is 10.2. The van der Waals surface area contributed by atoms with Gasteiger partial charge in [0.15, 0.2) is 12.7 Å². The molecular weight excluding hydrogens is 332 g/mol. The Morgan fingerprint density at radius 2 is 1.92 bits per heavy atom. The van der Waals surface area contributed by atoms with Gasteiger partial charge in [0, 0.05) is 12.2 Å². The van der Waals surface area contributed by atoms with Crippen LogP contribution in [0, 0.1) is 11.3 Å². The summed E-state index contributed by atoms with van der Waals surface area (Å²) in [5, 5.41) is 8.75. The van der Waals surface area contributed by atoms with Crippen LogP contribution in [0.3, 0.4) is 0 Å². The zero-order chi connectivity index (χ0) is 18.5. The Balaban J connectivity index is 1.52. The summed E-state index contributed by atoms with van der Waals surface area (Å²) < 4.78 is 10.5. The predicted octanol–water partition coefficient (Wildman–Crippen LogP) is 2.46. The number of ether oxygens (including phenoxy) is 2. The minimum absolute atomic E-state index is 0.248. The Bertz CT molecular complexity index is 855. The average molecular weight is 350 g/mol. The molecule has 132 valence electrons. The van der Waals surface area contributed by atoms with Gasteiger partial charge in [0.25, 0.3) is 5.91 Å². The molecule has 6 heteroatoms. The first kappa shape index (κ1) is 17.5. The van der Waals surface area contributed by atoms with Gasteiger partial charge in [-0.05, 0) is 49.2 Å². The topological polar surface area (TPSA) is 79.6 Å². The van der Waals surface area contributed by atoms with Crippen molar-refractivity contribution in [3.05, 3.63) is 59.7 Å². The maximum absolute atomic E-state index is 12.6. The third-order valence-corrected chi connectivity index (χ3v) is 4.15. The normalized spacial score (nSPS) is 13.5. The maximum Gasteiger partial charge on any atom is 0.344 e. The fourth-order valence-electron chi connectivity index (χ4n) is 2.84. The van der Waals surface area contributed by atoms with Crippen LogP contribution in [0.1, 0.15) is 18.1 Å². The number of amides is 1. The summed E-state index contributed by atoms with van der Waals surface area (Å²) in [5.41, 5.74) is 2.49. The Hall–Kier alpha value is -3.33. The molecule has 0 unspecified atom stereocenters. The Morgan fingerprint density at radius 3 is 2.65 bits per heavy atom. The molecule has 0 aromatic heterocycles. The third kappa shape index (κ3) is 3.83. The molecule has 3 rings (SSSR count).